The van der Waals surface area contributed by atoms with Crippen LogP contribution in [0.5, 0.6) is 11.5 Å². The molecule has 2 rings (SSSR count). The van der Waals surface area contributed by atoms with E-state index >= 15 is 0 Å². The summed E-state index contributed by atoms with van der Waals surface area (Å²) in [6.07, 6.45) is -4.45. The number of halogens is 3. The zero-order valence-electron chi connectivity index (χ0n) is 12.4. The molecule has 0 aliphatic rings. The van der Waals surface area contributed by atoms with Gasteiger partial charge in [-0.15, -0.1) is 0 Å². The molecule has 2 aromatic rings. The second kappa shape index (κ2) is 6.60. The molecule has 0 saturated heterocycles. The van der Waals surface area contributed by atoms with Crippen LogP contribution in [-0.4, -0.2) is 20.1 Å². The SMILES string of the molecule is CNc1ccc(OC)cc1OC(=O)c1ccc(C(F)(F)F)cc1. The minimum Gasteiger partial charge on any atom is -0.497 e. The molecule has 0 heterocycles. The molecule has 0 fully saturated rings. The maximum absolute atomic E-state index is 12.5. The lowest BCUT2D eigenvalue weighted by molar-refractivity contribution is -0.137. The van der Waals surface area contributed by atoms with E-state index in [4.69, 9.17) is 9.47 Å². The van der Waals surface area contributed by atoms with Crippen LogP contribution in [0.2, 0.25) is 0 Å². The van der Waals surface area contributed by atoms with Crippen molar-refractivity contribution in [3.63, 3.8) is 0 Å². The van der Waals surface area contributed by atoms with Gasteiger partial charge in [-0.05, 0) is 36.4 Å². The monoisotopic (exact) mass is 325 g/mol. The first-order valence-electron chi connectivity index (χ1n) is 6.60. The number of rotatable bonds is 4. The van der Waals surface area contributed by atoms with Gasteiger partial charge in [0.2, 0.25) is 0 Å². The summed E-state index contributed by atoms with van der Waals surface area (Å²) >= 11 is 0. The minimum atomic E-state index is -4.45. The van der Waals surface area contributed by atoms with Gasteiger partial charge in [-0.1, -0.05) is 0 Å². The fourth-order valence-electron chi connectivity index (χ4n) is 1.87. The first-order chi connectivity index (χ1) is 10.8. The number of ether oxygens (including phenoxy) is 2. The molecule has 2 aromatic carbocycles. The van der Waals surface area contributed by atoms with E-state index in [1.807, 2.05) is 0 Å². The van der Waals surface area contributed by atoms with Crippen molar-refractivity contribution in [3.05, 3.63) is 53.6 Å². The predicted molar refractivity (Wildman–Crippen MR) is 78.9 cm³/mol. The van der Waals surface area contributed by atoms with Gasteiger partial charge in [0.1, 0.15) is 5.75 Å². The molecule has 23 heavy (non-hydrogen) atoms. The number of carbonyl (C=O) groups is 1. The van der Waals surface area contributed by atoms with Crippen molar-refractivity contribution < 1.29 is 27.4 Å². The molecular weight excluding hydrogens is 311 g/mol. The number of methoxy groups -OCH3 is 1. The van der Waals surface area contributed by atoms with Gasteiger partial charge in [0.05, 0.1) is 23.9 Å². The second-order valence-electron chi connectivity index (χ2n) is 4.58. The van der Waals surface area contributed by atoms with E-state index in [1.165, 1.54) is 13.2 Å². The molecule has 0 radical (unpaired) electrons. The highest BCUT2D eigenvalue weighted by Gasteiger charge is 2.30. The molecule has 0 aliphatic carbocycles. The van der Waals surface area contributed by atoms with E-state index in [9.17, 15) is 18.0 Å². The Morgan fingerprint density at radius 3 is 2.26 bits per heavy atom. The number of nitrogens with one attached hydrogen (secondary N) is 1. The summed E-state index contributed by atoms with van der Waals surface area (Å²) in [5.41, 5.74) is -0.264. The molecule has 0 aromatic heterocycles. The first kappa shape index (κ1) is 16.7. The van der Waals surface area contributed by atoms with Gasteiger partial charge in [0.15, 0.2) is 5.75 Å². The Hall–Kier alpha value is -2.70. The Balaban J connectivity index is 2.22. The van der Waals surface area contributed by atoms with Crippen molar-refractivity contribution in [2.24, 2.45) is 0 Å². The highest BCUT2D eigenvalue weighted by Crippen LogP contribution is 2.31. The Morgan fingerprint density at radius 1 is 1.09 bits per heavy atom. The zero-order chi connectivity index (χ0) is 17.0. The van der Waals surface area contributed by atoms with Crippen molar-refractivity contribution >= 4 is 11.7 Å². The molecule has 0 amide bonds. The third-order valence-corrected chi connectivity index (χ3v) is 3.11. The maximum atomic E-state index is 12.5. The number of esters is 1. The lowest BCUT2D eigenvalue weighted by Crippen LogP contribution is -2.11. The van der Waals surface area contributed by atoms with E-state index in [2.05, 4.69) is 5.32 Å². The zero-order valence-corrected chi connectivity index (χ0v) is 12.4. The van der Waals surface area contributed by atoms with Crippen LogP contribution in [0.4, 0.5) is 18.9 Å². The highest BCUT2D eigenvalue weighted by molar-refractivity contribution is 5.92. The normalized spacial score (nSPS) is 11.0. The van der Waals surface area contributed by atoms with E-state index in [1.54, 1.807) is 19.2 Å². The molecule has 7 heteroatoms. The van der Waals surface area contributed by atoms with Gasteiger partial charge in [-0.25, -0.2) is 4.79 Å². The number of carbonyl (C=O) groups excluding carboxylic acids is 1. The standard InChI is InChI=1S/C16H14F3NO3/c1-20-13-8-7-12(22-2)9-14(13)23-15(21)10-3-5-11(6-4-10)16(17,18)19/h3-9,20H,1-2H3. The van der Waals surface area contributed by atoms with Gasteiger partial charge in [0, 0.05) is 13.1 Å². The van der Waals surface area contributed by atoms with Crippen LogP contribution in [-0.2, 0) is 6.18 Å². The van der Waals surface area contributed by atoms with Crippen molar-refractivity contribution in [1.82, 2.24) is 0 Å². The number of benzene rings is 2. The fourth-order valence-corrected chi connectivity index (χ4v) is 1.87. The van der Waals surface area contributed by atoms with Gasteiger partial charge in [-0.3, -0.25) is 0 Å². The van der Waals surface area contributed by atoms with Crippen molar-refractivity contribution in [2.75, 3.05) is 19.5 Å². The fraction of sp³-hybridized carbons (Fsp3) is 0.188. The lowest BCUT2D eigenvalue weighted by Gasteiger charge is -2.12. The summed E-state index contributed by atoms with van der Waals surface area (Å²) in [5.74, 6) is -0.0561. The molecule has 0 atom stereocenters. The van der Waals surface area contributed by atoms with Crippen molar-refractivity contribution in [1.29, 1.82) is 0 Å². The smallest absolute Gasteiger partial charge is 0.416 e. The van der Waals surface area contributed by atoms with Crippen LogP contribution in [0, 0.1) is 0 Å². The van der Waals surface area contributed by atoms with Crippen LogP contribution >= 0.6 is 0 Å². The summed E-state index contributed by atoms with van der Waals surface area (Å²) in [7, 11) is 3.12. The third-order valence-electron chi connectivity index (χ3n) is 3.11. The van der Waals surface area contributed by atoms with Crippen LogP contribution in [0.25, 0.3) is 0 Å². The van der Waals surface area contributed by atoms with Gasteiger partial charge in [-0.2, -0.15) is 13.2 Å². The second-order valence-corrected chi connectivity index (χ2v) is 4.58. The number of hydrogen-bond donors (Lipinski definition) is 1. The Kier molecular flexibility index (Phi) is 4.78. The predicted octanol–water partition coefficient (Wildman–Crippen LogP) is 3.97. The topological polar surface area (TPSA) is 47.6 Å². The molecule has 0 saturated carbocycles. The number of anilines is 1. The summed E-state index contributed by atoms with van der Waals surface area (Å²) in [4.78, 5) is 12.1. The molecule has 0 aliphatic heterocycles. The lowest BCUT2D eigenvalue weighted by atomic mass is 10.1. The van der Waals surface area contributed by atoms with Crippen molar-refractivity contribution in [2.45, 2.75) is 6.18 Å². The Morgan fingerprint density at radius 2 is 1.74 bits per heavy atom. The van der Waals surface area contributed by atoms with Crippen LogP contribution in [0.1, 0.15) is 15.9 Å². The minimum absolute atomic E-state index is 0.0165. The Bertz CT molecular complexity index is 697. The molecule has 0 bridgehead atoms. The molecular formula is C16H14F3NO3. The van der Waals surface area contributed by atoms with E-state index in [0.29, 0.717) is 11.4 Å². The third kappa shape index (κ3) is 3.94. The molecule has 4 nitrogen and oxygen atoms in total. The summed E-state index contributed by atoms with van der Waals surface area (Å²) in [6.45, 7) is 0. The van der Waals surface area contributed by atoms with Gasteiger partial charge in [0.25, 0.3) is 0 Å². The van der Waals surface area contributed by atoms with Gasteiger partial charge >= 0.3 is 12.1 Å². The summed E-state index contributed by atoms with van der Waals surface area (Å²) < 4.78 is 47.8. The molecule has 0 unspecified atom stereocenters. The van der Waals surface area contributed by atoms with E-state index in [0.717, 1.165) is 24.3 Å². The summed E-state index contributed by atoms with van der Waals surface area (Å²) in [5, 5.41) is 2.85. The van der Waals surface area contributed by atoms with Crippen LogP contribution < -0.4 is 14.8 Å². The van der Waals surface area contributed by atoms with Crippen LogP contribution in [0.3, 0.4) is 0 Å². The average molecular weight is 325 g/mol. The highest BCUT2D eigenvalue weighted by atomic mass is 19.4. The van der Waals surface area contributed by atoms with E-state index < -0.39 is 17.7 Å². The largest absolute Gasteiger partial charge is 0.497 e. The van der Waals surface area contributed by atoms with Crippen molar-refractivity contribution in [3.8, 4) is 11.5 Å². The summed E-state index contributed by atoms with van der Waals surface area (Å²) in [6, 6.07) is 8.67. The van der Waals surface area contributed by atoms with E-state index in [-0.39, 0.29) is 11.3 Å². The maximum Gasteiger partial charge on any atom is 0.416 e. The van der Waals surface area contributed by atoms with Gasteiger partial charge < -0.3 is 14.8 Å². The van der Waals surface area contributed by atoms with Crippen LogP contribution in [0.15, 0.2) is 42.5 Å². The number of hydrogen-bond acceptors (Lipinski definition) is 4. The quantitative estimate of drug-likeness (QED) is 0.682. The average Bonchev–Trinajstić information content (AvgIpc) is 2.54. The number of alkyl halides is 3. The molecule has 0 spiro atoms. The molecule has 122 valence electrons. The first-order valence-corrected chi connectivity index (χ1v) is 6.60. The Labute approximate surface area is 130 Å². The molecule has 1 N–H and O–H groups in total.